The minimum Gasteiger partial charge on any atom is -0.347 e. The number of carbonyl (C=O) groups is 1. The molecule has 1 aliphatic rings. The summed E-state index contributed by atoms with van der Waals surface area (Å²) in [7, 11) is -1.72. The fourth-order valence-electron chi connectivity index (χ4n) is 2.99. The van der Waals surface area contributed by atoms with Gasteiger partial charge < -0.3 is 10.6 Å². The lowest BCUT2D eigenvalue weighted by Crippen LogP contribution is -2.38. The minimum atomic E-state index is -4.22. The smallest absolute Gasteiger partial charge is 0.347 e. The van der Waals surface area contributed by atoms with Crippen molar-refractivity contribution in [3.05, 3.63) is 92.8 Å². The maximum absolute atomic E-state index is 12.1. The lowest BCUT2D eigenvalue weighted by Gasteiger charge is -2.23. The minimum absolute atomic E-state index is 0.178. The first kappa shape index (κ1) is 38.7. The number of halogens is 4. The Morgan fingerprint density at radius 1 is 1.10 bits per heavy atom. The van der Waals surface area contributed by atoms with Crippen LogP contribution in [0.25, 0.3) is 0 Å². The lowest BCUT2D eigenvalue weighted by molar-refractivity contribution is -0.0881. The van der Waals surface area contributed by atoms with E-state index in [1.165, 1.54) is 24.3 Å². The van der Waals surface area contributed by atoms with Crippen LogP contribution in [0.3, 0.4) is 0 Å². The van der Waals surface area contributed by atoms with Gasteiger partial charge in [-0.2, -0.15) is 13.2 Å². The van der Waals surface area contributed by atoms with Crippen LogP contribution in [0.1, 0.15) is 51.4 Å². The molecular formula is C29H41ClF3N3O3S2. The van der Waals surface area contributed by atoms with E-state index in [-0.39, 0.29) is 17.9 Å². The Balaban J connectivity index is 0.000000947. The first-order valence-electron chi connectivity index (χ1n) is 12.9. The summed E-state index contributed by atoms with van der Waals surface area (Å²) in [6.45, 7) is 10.9. The van der Waals surface area contributed by atoms with Gasteiger partial charge in [-0.05, 0) is 56.1 Å². The van der Waals surface area contributed by atoms with Crippen LogP contribution in [0, 0.1) is 5.41 Å². The molecule has 0 bridgehead atoms. The molecule has 0 saturated carbocycles. The molecule has 0 atom stereocenters. The maximum Gasteiger partial charge on any atom is 0.416 e. The highest BCUT2D eigenvalue weighted by atomic mass is 35.5. The lowest BCUT2D eigenvalue weighted by atomic mass is 9.94. The molecule has 0 unspecified atom stereocenters. The molecule has 230 valence electrons. The molecule has 1 aromatic carbocycles. The number of sulfonamides is 1. The first-order chi connectivity index (χ1) is 19.0. The summed E-state index contributed by atoms with van der Waals surface area (Å²) in [5, 5.41) is 7.34. The highest BCUT2D eigenvalue weighted by Gasteiger charge is 2.31. The van der Waals surface area contributed by atoms with Crippen LogP contribution < -0.4 is 15.4 Å². The zero-order valence-corrected chi connectivity index (χ0v) is 26.7. The summed E-state index contributed by atoms with van der Waals surface area (Å²) in [5.41, 5.74) is 0.628. The molecule has 0 fully saturated rings. The fourth-order valence-corrected chi connectivity index (χ4v) is 4.25. The van der Waals surface area contributed by atoms with E-state index in [0.717, 1.165) is 23.1 Å². The van der Waals surface area contributed by atoms with Crippen LogP contribution in [0.5, 0.6) is 0 Å². The van der Waals surface area contributed by atoms with Gasteiger partial charge in [-0.1, -0.05) is 75.2 Å². The number of benzene rings is 1. The van der Waals surface area contributed by atoms with Crippen molar-refractivity contribution in [2.45, 2.75) is 47.2 Å². The average Bonchev–Trinajstić information content (AvgIpc) is 3.13. The number of carbonyl (C=O) groups excluding carboxylic acids is 1. The van der Waals surface area contributed by atoms with E-state index in [9.17, 15) is 26.4 Å². The summed E-state index contributed by atoms with van der Waals surface area (Å²) >= 11 is 10.0. The van der Waals surface area contributed by atoms with Gasteiger partial charge in [0.05, 0.1) is 5.57 Å². The Kier molecular flexibility index (Phi) is 17.9. The van der Waals surface area contributed by atoms with Gasteiger partial charge in [0.2, 0.25) is 10.0 Å². The molecule has 1 amide bonds. The van der Waals surface area contributed by atoms with Gasteiger partial charge in [-0.25, -0.2) is 13.1 Å². The molecule has 41 heavy (non-hydrogen) atoms. The van der Waals surface area contributed by atoms with E-state index in [2.05, 4.69) is 28.0 Å². The standard InChI is InChI=1S/C18H26ClN3O3S2.C9H9F3.C2H6/c1-18(2,12-20-3)13-22-27(24,25)10-4-5-16(26)11-21-17(23)14-6-8-15(19)9-7-14;1-7-3-2-4-8(6-5-7)9(10,11)12;1-2/h4-10,20,22,26H,11-13H2,1-3H3,(H,21,23);2,4-6H,3H2,1H3;1-2H3/b10-4+,16-5-;;. The molecule has 0 heterocycles. The number of thiol groups is 1. The normalized spacial score (nSPS) is 14.2. The number of nitrogens with one attached hydrogen (secondary N) is 3. The monoisotopic (exact) mass is 635 g/mol. The number of hydrogen-bond acceptors (Lipinski definition) is 5. The number of amides is 1. The quantitative estimate of drug-likeness (QED) is 0.165. The third kappa shape index (κ3) is 18.0. The Morgan fingerprint density at radius 2 is 1.71 bits per heavy atom. The van der Waals surface area contributed by atoms with Gasteiger partial charge in [0.25, 0.3) is 5.91 Å². The van der Waals surface area contributed by atoms with E-state index in [4.69, 9.17) is 11.6 Å². The molecule has 0 spiro atoms. The first-order valence-corrected chi connectivity index (χ1v) is 15.3. The van der Waals surface area contributed by atoms with Crippen LogP contribution in [0.2, 0.25) is 5.02 Å². The van der Waals surface area contributed by atoms with E-state index in [0.29, 0.717) is 35.0 Å². The highest BCUT2D eigenvalue weighted by Crippen LogP contribution is 2.28. The molecule has 0 aromatic heterocycles. The number of alkyl halides is 3. The van der Waals surface area contributed by atoms with Crippen LogP contribution >= 0.6 is 24.2 Å². The summed E-state index contributed by atoms with van der Waals surface area (Å²) in [6, 6.07) is 6.50. The van der Waals surface area contributed by atoms with E-state index in [1.54, 1.807) is 31.2 Å². The summed E-state index contributed by atoms with van der Waals surface area (Å²) in [5.74, 6) is -0.267. The zero-order valence-electron chi connectivity index (χ0n) is 24.3. The van der Waals surface area contributed by atoms with Crippen molar-refractivity contribution >= 4 is 40.2 Å². The number of hydrogen-bond donors (Lipinski definition) is 4. The predicted octanol–water partition coefficient (Wildman–Crippen LogP) is 6.97. The van der Waals surface area contributed by atoms with E-state index >= 15 is 0 Å². The second-order valence-electron chi connectivity index (χ2n) is 9.48. The summed E-state index contributed by atoms with van der Waals surface area (Å²) in [4.78, 5) is 12.5. The summed E-state index contributed by atoms with van der Waals surface area (Å²) < 4.78 is 62.8. The van der Waals surface area contributed by atoms with Crippen molar-refractivity contribution in [3.63, 3.8) is 0 Å². The molecule has 1 aliphatic carbocycles. The van der Waals surface area contributed by atoms with E-state index < -0.39 is 21.8 Å². The van der Waals surface area contributed by atoms with Gasteiger partial charge in [-0.3, -0.25) is 4.79 Å². The Hall–Kier alpha value is -2.31. The molecule has 0 saturated heterocycles. The zero-order chi connectivity index (χ0) is 31.7. The second kappa shape index (κ2) is 19.0. The van der Waals surface area contributed by atoms with Crippen molar-refractivity contribution in [1.82, 2.24) is 15.4 Å². The summed E-state index contributed by atoms with van der Waals surface area (Å²) in [6.07, 6.45) is 4.52. The predicted molar refractivity (Wildman–Crippen MR) is 168 cm³/mol. The topological polar surface area (TPSA) is 87.3 Å². The van der Waals surface area contributed by atoms with Crippen LogP contribution in [-0.4, -0.2) is 47.2 Å². The van der Waals surface area contributed by atoms with Gasteiger partial charge in [0, 0.05) is 40.5 Å². The highest BCUT2D eigenvalue weighted by molar-refractivity contribution is 7.92. The van der Waals surface area contributed by atoms with Gasteiger partial charge in [0.15, 0.2) is 0 Å². The van der Waals surface area contributed by atoms with Crippen molar-refractivity contribution in [2.24, 2.45) is 5.41 Å². The molecule has 0 radical (unpaired) electrons. The molecule has 6 nitrogen and oxygen atoms in total. The van der Waals surface area contributed by atoms with Crippen molar-refractivity contribution in [3.8, 4) is 0 Å². The third-order valence-corrected chi connectivity index (χ3v) is 6.72. The molecule has 12 heteroatoms. The molecule has 3 N–H and O–H groups in total. The number of rotatable bonds is 10. The van der Waals surface area contributed by atoms with Gasteiger partial charge in [-0.15, -0.1) is 12.6 Å². The molecule has 0 aliphatic heterocycles. The van der Waals surface area contributed by atoms with Gasteiger partial charge >= 0.3 is 6.18 Å². The SMILES string of the molecule is CC.CC1=CC=C(C(F)(F)F)C=CC1.CNCC(C)(C)CNS(=O)(=O)/C=C/C=C(\S)CNC(=O)c1ccc(Cl)cc1. The Morgan fingerprint density at radius 3 is 2.27 bits per heavy atom. The molecule has 1 aromatic rings. The van der Waals surface area contributed by atoms with Crippen molar-refractivity contribution in [2.75, 3.05) is 26.7 Å². The Labute approximate surface area is 253 Å². The fraction of sp³-hybridized carbons (Fsp3) is 0.414. The third-order valence-electron chi connectivity index (χ3n) is 5.10. The van der Waals surface area contributed by atoms with Crippen molar-refractivity contribution in [1.29, 1.82) is 0 Å². The molecular weight excluding hydrogens is 595 g/mol. The van der Waals surface area contributed by atoms with Crippen LogP contribution in [0.15, 0.2) is 82.2 Å². The maximum atomic E-state index is 12.1. The second-order valence-corrected chi connectivity index (χ2v) is 12.1. The number of allylic oxidation sites excluding steroid dienone is 8. The molecule has 2 rings (SSSR count). The van der Waals surface area contributed by atoms with Gasteiger partial charge in [0.1, 0.15) is 0 Å². The van der Waals surface area contributed by atoms with Crippen molar-refractivity contribution < 1.29 is 26.4 Å². The van der Waals surface area contributed by atoms with E-state index in [1.807, 2.05) is 34.7 Å². The van der Waals surface area contributed by atoms with Crippen LogP contribution in [0.4, 0.5) is 13.2 Å². The average molecular weight is 636 g/mol. The largest absolute Gasteiger partial charge is 0.416 e. The van der Waals surface area contributed by atoms with Crippen LogP contribution in [-0.2, 0) is 10.0 Å². The Bertz CT molecular complexity index is 1220.